The van der Waals surface area contributed by atoms with E-state index in [4.69, 9.17) is 19.6 Å². The minimum absolute atomic E-state index is 0.0983. The Morgan fingerprint density at radius 2 is 1.97 bits per heavy atom. The fourth-order valence-electron chi connectivity index (χ4n) is 3.81. The van der Waals surface area contributed by atoms with Gasteiger partial charge in [-0.1, -0.05) is 23.5 Å². The number of methoxy groups -OCH3 is 2. The maximum absolute atomic E-state index is 12.6. The second-order valence-electron chi connectivity index (χ2n) is 7.44. The molecule has 3 heterocycles. The van der Waals surface area contributed by atoms with Crippen molar-refractivity contribution < 1.29 is 19.1 Å². The molecule has 1 aliphatic heterocycles. The Morgan fingerprint density at radius 3 is 2.70 bits per heavy atom. The summed E-state index contributed by atoms with van der Waals surface area (Å²) in [5.74, 6) is 1.20. The van der Waals surface area contributed by atoms with Gasteiger partial charge in [0.25, 0.3) is 0 Å². The van der Waals surface area contributed by atoms with Crippen molar-refractivity contribution in [3.05, 3.63) is 64.8 Å². The fraction of sp³-hybridized carbons (Fsp3) is 0.217. The Balaban J connectivity index is 1.60. The molecule has 10 heteroatoms. The zero-order valence-electron chi connectivity index (χ0n) is 18.1. The van der Waals surface area contributed by atoms with Crippen LogP contribution in [0.1, 0.15) is 32.4 Å². The molecule has 8 nitrogen and oxygen atoms in total. The number of aromatic nitrogens is 3. The fourth-order valence-corrected chi connectivity index (χ4v) is 5.95. The van der Waals surface area contributed by atoms with Crippen LogP contribution in [0.15, 0.2) is 42.5 Å². The van der Waals surface area contributed by atoms with E-state index in [2.05, 4.69) is 5.32 Å². The van der Waals surface area contributed by atoms with E-state index in [0.717, 1.165) is 32.8 Å². The third-order valence-electron chi connectivity index (χ3n) is 5.41. The molecule has 2 aromatic carbocycles. The first-order valence-electron chi connectivity index (χ1n) is 10.1. The molecule has 1 atom stereocenters. The molecular formula is C23H20N4O4S2. The summed E-state index contributed by atoms with van der Waals surface area (Å²) in [4.78, 5) is 29.1. The van der Waals surface area contributed by atoms with Gasteiger partial charge in [0.1, 0.15) is 11.6 Å². The van der Waals surface area contributed by atoms with E-state index >= 15 is 0 Å². The molecule has 168 valence electrons. The third kappa shape index (κ3) is 3.85. The van der Waals surface area contributed by atoms with Crippen molar-refractivity contribution in [3.63, 3.8) is 0 Å². The SMILES string of the molecule is COC(=O)c1ccc(C2SCC(=O)Nc3c2c(C)nn3-c2nc3ccc(OC)cc3s2)cc1. The van der Waals surface area contributed by atoms with E-state index in [-0.39, 0.29) is 17.1 Å². The van der Waals surface area contributed by atoms with Crippen molar-refractivity contribution in [1.29, 1.82) is 0 Å². The summed E-state index contributed by atoms with van der Waals surface area (Å²) in [7, 11) is 2.99. The van der Waals surface area contributed by atoms with Gasteiger partial charge in [0.2, 0.25) is 11.0 Å². The van der Waals surface area contributed by atoms with Crippen LogP contribution in [0.2, 0.25) is 0 Å². The number of hydrogen-bond donors (Lipinski definition) is 1. The molecule has 1 N–H and O–H groups in total. The van der Waals surface area contributed by atoms with E-state index in [9.17, 15) is 9.59 Å². The molecule has 4 aromatic rings. The predicted octanol–water partition coefficient (Wildman–Crippen LogP) is 4.36. The average Bonchev–Trinajstić information content (AvgIpc) is 3.34. The second kappa shape index (κ2) is 8.53. The number of benzene rings is 2. The van der Waals surface area contributed by atoms with Gasteiger partial charge < -0.3 is 14.8 Å². The number of carbonyl (C=O) groups is 2. The Kier molecular flexibility index (Phi) is 5.55. The van der Waals surface area contributed by atoms with Crippen LogP contribution in [0, 0.1) is 6.92 Å². The smallest absolute Gasteiger partial charge is 0.337 e. The quantitative estimate of drug-likeness (QED) is 0.434. The summed E-state index contributed by atoms with van der Waals surface area (Å²) in [5, 5.41) is 8.30. The first-order chi connectivity index (χ1) is 16.0. The Hall–Kier alpha value is -3.37. The number of esters is 1. The number of amides is 1. The lowest BCUT2D eigenvalue weighted by molar-refractivity contribution is -0.113. The van der Waals surface area contributed by atoms with Gasteiger partial charge in [-0.25, -0.2) is 9.78 Å². The van der Waals surface area contributed by atoms with Crippen LogP contribution in [0.3, 0.4) is 0 Å². The molecule has 0 fully saturated rings. The minimum atomic E-state index is -0.385. The molecule has 1 amide bonds. The number of thiazole rings is 1. The van der Waals surface area contributed by atoms with Gasteiger partial charge >= 0.3 is 5.97 Å². The number of hydrogen-bond acceptors (Lipinski definition) is 8. The molecule has 0 bridgehead atoms. The number of nitrogens with zero attached hydrogens (tertiary/aromatic N) is 3. The van der Waals surface area contributed by atoms with E-state index in [1.807, 2.05) is 37.3 Å². The topological polar surface area (TPSA) is 95.3 Å². The lowest BCUT2D eigenvalue weighted by atomic mass is 10.0. The number of ether oxygens (including phenoxy) is 2. The number of anilines is 1. The van der Waals surface area contributed by atoms with Crippen molar-refractivity contribution in [3.8, 4) is 10.9 Å². The number of thioether (sulfide) groups is 1. The summed E-state index contributed by atoms with van der Waals surface area (Å²) < 4.78 is 12.8. The van der Waals surface area contributed by atoms with Crippen LogP contribution in [-0.4, -0.2) is 46.6 Å². The highest BCUT2D eigenvalue weighted by Crippen LogP contribution is 2.44. The summed E-state index contributed by atoms with van der Waals surface area (Å²) in [6, 6.07) is 13.0. The zero-order valence-corrected chi connectivity index (χ0v) is 19.8. The van der Waals surface area contributed by atoms with Crippen LogP contribution < -0.4 is 10.1 Å². The molecule has 2 aromatic heterocycles. The van der Waals surface area contributed by atoms with Gasteiger partial charge in [-0.3, -0.25) is 4.79 Å². The number of fused-ring (bicyclic) bond motifs is 2. The average molecular weight is 481 g/mol. The van der Waals surface area contributed by atoms with Crippen LogP contribution in [0.25, 0.3) is 15.3 Å². The van der Waals surface area contributed by atoms with E-state index in [1.54, 1.807) is 23.9 Å². The maximum Gasteiger partial charge on any atom is 0.337 e. The van der Waals surface area contributed by atoms with Crippen LogP contribution in [0.4, 0.5) is 5.82 Å². The first-order valence-corrected chi connectivity index (χ1v) is 12.0. The van der Waals surface area contributed by atoms with Gasteiger partial charge in [0.15, 0.2) is 0 Å². The van der Waals surface area contributed by atoms with Crippen LogP contribution >= 0.6 is 23.1 Å². The van der Waals surface area contributed by atoms with E-state index in [1.165, 1.54) is 30.2 Å². The summed E-state index contributed by atoms with van der Waals surface area (Å²) in [6.07, 6.45) is 0. The number of rotatable bonds is 4. The summed E-state index contributed by atoms with van der Waals surface area (Å²) >= 11 is 3.00. The molecule has 0 spiro atoms. The predicted molar refractivity (Wildman–Crippen MR) is 129 cm³/mol. The Labute approximate surface area is 197 Å². The van der Waals surface area contributed by atoms with E-state index < -0.39 is 0 Å². The minimum Gasteiger partial charge on any atom is -0.497 e. The van der Waals surface area contributed by atoms with Crippen LogP contribution in [-0.2, 0) is 9.53 Å². The highest BCUT2D eigenvalue weighted by Gasteiger charge is 2.31. The van der Waals surface area contributed by atoms with Crippen LogP contribution in [0.5, 0.6) is 5.75 Å². The molecule has 0 radical (unpaired) electrons. The van der Waals surface area contributed by atoms with Crippen molar-refractivity contribution in [2.45, 2.75) is 12.2 Å². The molecule has 1 unspecified atom stereocenters. The summed E-state index contributed by atoms with van der Waals surface area (Å²) in [5.41, 5.74) is 4.02. The molecule has 0 saturated carbocycles. The van der Waals surface area contributed by atoms with Crippen molar-refractivity contribution in [1.82, 2.24) is 14.8 Å². The highest BCUT2D eigenvalue weighted by atomic mass is 32.2. The Morgan fingerprint density at radius 1 is 1.18 bits per heavy atom. The van der Waals surface area contributed by atoms with Gasteiger partial charge in [0.05, 0.1) is 46.7 Å². The van der Waals surface area contributed by atoms with Gasteiger partial charge in [0, 0.05) is 5.56 Å². The second-order valence-corrected chi connectivity index (χ2v) is 9.54. The van der Waals surface area contributed by atoms with Crippen molar-refractivity contribution in [2.75, 3.05) is 25.3 Å². The largest absolute Gasteiger partial charge is 0.497 e. The molecule has 0 aliphatic carbocycles. The van der Waals surface area contributed by atoms with Gasteiger partial charge in [-0.05, 0) is 42.8 Å². The molecule has 1 aliphatic rings. The molecular weight excluding hydrogens is 460 g/mol. The third-order valence-corrected chi connectivity index (χ3v) is 7.67. The number of carbonyl (C=O) groups excluding carboxylic acids is 2. The summed E-state index contributed by atoms with van der Waals surface area (Å²) in [6.45, 7) is 1.93. The van der Waals surface area contributed by atoms with Crippen molar-refractivity contribution in [2.24, 2.45) is 0 Å². The monoisotopic (exact) mass is 480 g/mol. The molecule has 0 saturated heterocycles. The Bertz CT molecular complexity index is 1380. The number of aryl methyl sites for hydroxylation is 1. The molecule has 33 heavy (non-hydrogen) atoms. The normalized spacial score (nSPS) is 15.6. The zero-order chi connectivity index (χ0) is 23.1. The first kappa shape index (κ1) is 21.5. The van der Waals surface area contributed by atoms with Crippen molar-refractivity contribution >= 4 is 51.0 Å². The van der Waals surface area contributed by atoms with Gasteiger partial charge in [-0.2, -0.15) is 9.78 Å². The highest BCUT2D eigenvalue weighted by molar-refractivity contribution is 8.00. The number of nitrogens with one attached hydrogen (secondary N) is 1. The van der Waals surface area contributed by atoms with Gasteiger partial charge in [-0.15, -0.1) is 11.8 Å². The maximum atomic E-state index is 12.6. The standard InChI is InChI=1S/C23H20N4O4S2/c1-12-19-20(13-4-6-14(7-5-13)22(29)31-3)32-11-18(28)25-21(19)27(26-12)23-24-16-9-8-15(30-2)10-17(16)33-23/h4-10,20H,11H2,1-3H3,(H,25,28). The molecule has 5 rings (SSSR count). The van der Waals surface area contributed by atoms with E-state index in [0.29, 0.717) is 22.3 Å². The lowest BCUT2D eigenvalue weighted by Gasteiger charge is -2.15. The lowest BCUT2D eigenvalue weighted by Crippen LogP contribution is -2.15.